The van der Waals surface area contributed by atoms with E-state index < -0.39 is 6.10 Å². The SMILES string of the molecule is COCC(O)CCNc1ncnc2nc[nH]c12. The van der Waals surface area contributed by atoms with Gasteiger partial charge in [-0.2, -0.15) is 0 Å². The number of nitrogens with zero attached hydrogens (tertiary/aromatic N) is 3. The van der Waals surface area contributed by atoms with Crippen LogP contribution in [0.5, 0.6) is 0 Å². The average Bonchev–Trinajstić information content (AvgIpc) is 2.78. The minimum atomic E-state index is -0.466. The van der Waals surface area contributed by atoms with Crippen LogP contribution >= 0.6 is 0 Å². The van der Waals surface area contributed by atoms with Gasteiger partial charge in [0.15, 0.2) is 11.5 Å². The Kier molecular flexibility index (Phi) is 3.84. The minimum absolute atomic E-state index is 0.338. The van der Waals surface area contributed by atoms with Gasteiger partial charge in [-0.05, 0) is 6.42 Å². The molecule has 0 spiro atoms. The maximum atomic E-state index is 9.48. The van der Waals surface area contributed by atoms with Crippen molar-refractivity contribution in [3.05, 3.63) is 12.7 Å². The van der Waals surface area contributed by atoms with Crippen LogP contribution in [0.3, 0.4) is 0 Å². The summed E-state index contributed by atoms with van der Waals surface area (Å²) in [5.74, 6) is 0.692. The molecule has 0 amide bonds. The van der Waals surface area contributed by atoms with Crippen molar-refractivity contribution in [2.24, 2.45) is 0 Å². The van der Waals surface area contributed by atoms with Gasteiger partial charge < -0.3 is 20.1 Å². The molecule has 2 heterocycles. The predicted octanol–water partition coefficient (Wildman–Crippen LogP) is 0.162. The number of nitrogens with one attached hydrogen (secondary N) is 2. The largest absolute Gasteiger partial charge is 0.391 e. The average molecular weight is 237 g/mol. The molecule has 2 aromatic rings. The summed E-state index contributed by atoms with van der Waals surface area (Å²) in [7, 11) is 1.56. The fraction of sp³-hybridized carbons (Fsp3) is 0.500. The molecule has 0 radical (unpaired) electrons. The number of aromatic nitrogens is 4. The quantitative estimate of drug-likeness (QED) is 0.662. The van der Waals surface area contributed by atoms with Crippen LogP contribution in [0, 0.1) is 0 Å². The molecule has 0 bridgehead atoms. The van der Waals surface area contributed by atoms with Gasteiger partial charge in [-0.25, -0.2) is 15.0 Å². The first-order valence-corrected chi connectivity index (χ1v) is 5.36. The van der Waals surface area contributed by atoms with Gasteiger partial charge in [-0.15, -0.1) is 0 Å². The molecule has 2 rings (SSSR count). The molecule has 0 aromatic carbocycles. The van der Waals surface area contributed by atoms with E-state index in [4.69, 9.17) is 4.74 Å². The van der Waals surface area contributed by atoms with Crippen molar-refractivity contribution in [1.82, 2.24) is 19.9 Å². The van der Waals surface area contributed by atoms with Gasteiger partial charge in [0.05, 0.1) is 19.0 Å². The van der Waals surface area contributed by atoms with E-state index in [1.165, 1.54) is 6.33 Å². The van der Waals surface area contributed by atoms with Gasteiger partial charge in [0.2, 0.25) is 0 Å². The lowest BCUT2D eigenvalue weighted by Crippen LogP contribution is -2.18. The van der Waals surface area contributed by atoms with Crippen molar-refractivity contribution in [3.8, 4) is 0 Å². The number of ether oxygens (including phenoxy) is 1. The van der Waals surface area contributed by atoms with Crippen LogP contribution in [0.1, 0.15) is 6.42 Å². The van der Waals surface area contributed by atoms with Crippen molar-refractivity contribution in [2.75, 3.05) is 25.6 Å². The lowest BCUT2D eigenvalue weighted by Gasteiger charge is -2.10. The van der Waals surface area contributed by atoms with Crippen LogP contribution in [-0.2, 0) is 4.74 Å². The Labute approximate surface area is 98.3 Å². The van der Waals surface area contributed by atoms with E-state index in [0.717, 1.165) is 5.52 Å². The number of H-pyrrole nitrogens is 1. The van der Waals surface area contributed by atoms with E-state index in [0.29, 0.717) is 31.0 Å². The number of methoxy groups -OCH3 is 1. The standard InChI is InChI=1S/C10H15N5O2/c1-17-4-7(16)2-3-11-9-8-10(13-5-12-8)15-6-14-9/h5-7,16H,2-4H2,1H3,(H2,11,12,13,14,15). The van der Waals surface area contributed by atoms with Gasteiger partial charge >= 0.3 is 0 Å². The molecule has 0 saturated heterocycles. The van der Waals surface area contributed by atoms with Crippen LogP contribution in [0.25, 0.3) is 11.2 Å². The third-order valence-corrected chi connectivity index (χ3v) is 2.35. The number of aliphatic hydroxyl groups excluding tert-OH is 1. The molecule has 0 fully saturated rings. The summed E-state index contributed by atoms with van der Waals surface area (Å²) in [6.07, 6.45) is 3.15. The van der Waals surface area contributed by atoms with Gasteiger partial charge in [0, 0.05) is 13.7 Å². The number of anilines is 1. The van der Waals surface area contributed by atoms with Crippen LogP contribution in [0.2, 0.25) is 0 Å². The van der Waals surface area contributed by atoms with Crippen molar-refractivity contribution in [1.29, 1.82) is 0 Å². The van der Waals surface area contributed by atoms with Crippen molar-refractivity contribution < 1.29 is 9.84 Å². The highest BCUT2D eigenvalue weighted by molar-refractivity contribution is 5.81. The van der Waals surface area contributed by atoms with Gasteiger partial charge in [-0.1, -0.05) is 0 Å². The van der Waals surface area contributed by atoms with Gasteiger partial charge in [0.1, 0.15) is 11.8 Å². The molecule has 2 aromatic heterocycles. The Morgan fingerprint density at radius 3 is 3.18 bits per heavy atom. The zero-order valence-electron chi connectivity index (χ0n) is 9.55. The third-order valence-electron chi connectivity index (χ3n) is 2.35. The molecule has 1 atom stereocenters. The lowest BCUT2D eigenvalue weighted by molar-refractivity contribution is 0.0615. The number of hydrogen-bond acceptors (Lipinski definition) is 6. The first-order valence-electron chi connectivity index (χ1n) is 5.36. The second kappa shape index (κ2) is 5.55. The number of imidazole rings is 1. The molecule has 17 heavy (non-hydrogen) atoms. The number of rotatable bonds is 6. The lowest BCUT2D eigenvalue weighted by atomic mass is 10.2. The van der Waals surface area contributed by atoms with Gasteiger partial charge in [-0.3, -0.25) is 0 Å². The smallest absolute Gasteiger partial charge is 0.182 e. The molecule has 7 nitrogen and oxygen atoms in total. The number of aliphatic hydroxyl groups is 1. The van der Waals surface area contributed by atoms with E-state index in [2.05, 4.69) is 25.3 Å². The monoisotopic (exact) mass is 237 g/mol. The third kappa shape index (κ3) is 2.89. The second-order valence-corrected chi connectivity index (χ2v) is 3.65. The van der Waals surface area contributed by atoms with Gasteiger partial charge in [0.25, 0.3) is 0 Å². The fourth-order valence-electron chi connectivity index (χ4n) is 1.53. The van der Waals surface area contributed by atoms with Crippen LogP contribution < -0.4 is 5.32 Å². The number of aromatic amines is 1. The minimum Gasteiger partial charge on any atom is -0.391 e. The first-order chi connectivity index (χ1) is 8.31. The van der Waals surface area contributed by atoms with Crippen molar-refractivity contribution in [2.45, 2.75) is 12.5 Å². The summed E-state index contributed by atoms with van der Waals surface area (Å²) in [6, 6.07) is 0. The van der Waals surface area contributed by atoms with E-state index in [-0.39, 0.29) is 0 Å². The summed E-state index contributed by atoms with van der Waals surface area (Å²) in [5, 5.41) is 12.6. The van der Waals surface area contributed by atoms with E-state index >= 15 is 0 Å². The second-order valence-electron chi connectivity index (χ2n) is 3.65. The molecule has 0 aliphatic rings. The summed E-state index contributed by atoms with van der Waals surface area (Å²) in [4.78, 5) is 15.1. The molecule has 0 aliphatic heterocycles. The molecule has 7 heteroatoms. The summed E-state index contributed by atoms with van der Waals surface area (Å²) in [6.45, 7) is 0.945. The number of fused-ring (bicyclic) bond motifs is 1. The molecule has 92 valence electrons. The van der Waals surface area contributed by atoms with Crippen molar-refractivity contribution in [3.63, 3.8) is 0 Å². The number of hydrogen-bond donors (Lipinski definition) is 3. The highest BCUT2D eigenvalue weighted by Gasteiger charge is 2.06. The van der Waals surface area contributed by atoms with Crippen LogP contribution in [-0.4, -0.2) is 51.4 Å². The first kappa shape index (κ1) is 11.7. The Morgan fingerprint density at radius 2 is 2.35 bits per heavy atom. The summed E-state index contributed by atoms with van der Waals surface area (Å²) >= 11 is 0. The zero-order valence-corrected chi connectivity index (χ0v) is 9.55. The molecule has 0 aliphatic carbocycles. The van der Waals surface area contributed by atoms with E-state index in [1.54, 1.807) is 13.4 Å². The van der Waals surface area contributed by atoms with Crippen LogP contribution in [0.15, 0.2) is 12.7 Å². The Bertz CT molecular complexity index is 472. The Morgan fingerprint density at radius 1 is 1.47 bits per heavy atom. The molecule has 3 N–H and O–H groups in total. The molecular weight excluding hydrogens is 222 g/mol. The van der Waals surface area contributed by atoms with E-state index in [9.17, 15) is 5.11 Å². The zero-order chi connectivity index (χ0) is 12.1. The van der Waals surface area contributed by atoms with Crippen LogP contribution in [0.4, 0.5) is 5.82 Å². The van der Waals surface area contributed by atoms with Crippen molar-refractivity contribution >= 4 is 17.0 Å². The highest BCUT2D eigenvalue weighted by Crippen LogP contribution is 2.14. The molecule has 0 saturated carbocycles. The summed E-state index contributed by atoms with van der Waals surface area (Å²) in [5.41, 5.74) is 1.40. The maximum absolute atomic E-state index is 9.48. The Hall–Kier alpha value is -1.73. The summed E-state index contributed by atoms with van der Waals surface area (Å²) < 4.78 is 4.84. The fourth-order valence-corrected chi connectivity index (χ4v) is 1.53. The van der Waals surface area contributed by atoms with E-state index in [1.807, 2.05) is 0 Å². The topological polar surface area (TPSA) is 96.0 Å². The Balaban J connectivity index is 1.92. The molecular formula is C10H15N5O2. The predicted molar refractivity (Wildman–Crippen MR) is 62.7 cm³/mol. The maximum Gasteiger partial charge on any atom is 0.182 e. The normalized spacial score (nSPS) is 12.8. The highest BCUT2D eigenvalue weighted by atomic mass is 16.5. The molecule has 1 unspecified atom stereocenters.